The van der Waals surface area contributed by atoms with E-state index in [1.807, 2.05) is 34.1 Å². The summed E-state index contributed by atoms with van der Waals surface area (Å²) in [6, 6.07) is 7.73. The number of hydrogen-bond donors (Lipinski definition) is 3. The number of ether oxygens (including phenoxy) is 2. The molecular weight excluding hydrogens is 402 g/mol. The van der Waals surface area contributed by atoms with Crippen LogP contribution in [0, 0.1) is 0 Å². The van der Waals surface area contributed by atoms with E-state index in [-0.39, 0.29) is 31.5 Å². The van der Waals surface area contributed by atoms with Crippen LogP contribution in [0.15, 0.2) is 24.3 Å². The number of aliphatic hydroxyl groups excluding tert-OH is 1. The van der Waals surface area contributed by atoms with Gasteiger partial charge in [0.1, 0.15) is 18.0 Å². The van der Waals surface area contributed by atoms with Gasteiger partial charge in [-0.05, 0) is 30.5 Å². The summed E-state index contributed by atoms with van der Waals surface area (Å²) in [6.45, 7) is 3.20. The molecule has 0 saturated carbocycles. The maximum Gasteiger partial charge on any atom is 0.246 e. The van der Waals surface area contributed by atoms with Crippen LogP contribution in [-0.4, -0.2) is 96.6 Å². The molecule has 2 atom stereocenters. The highest BCUT2D eigenvalue weighted by Gasteiger charge is 2.44. The molecule has 0 radical (unpaired) electrons. The molecule has 0 aromatic heterocycles. The molecule has 0 unspecified atom stereocenters. The first-order chi connectivity index (χ1) is 14.9. The van der Waals surface area contributed by atoms with Gasteiger partial charge >= 0.3 is 0 Å². The second-order valence-electron chi connectivity index (χ2n) is 8.33. The topological polar surface area (TPSA) is 112 Å². The minimum atomic E-state index is -1.39. The lowest BCUT2D eigenvalue weighted by Gasteiger charge is -2.26. The van der Waals surface area contributed by atoms with E-state index in [0.29, 0.717) is 26.1 Å². The lowest BCUT2D eigenvalue weighted by molar-refractivity contribution is -0.128. The Hall–Kier alpha value is -2.20. The molecule has 0 spiro atoms. The average molecular weight is 436 g/mol. The fraction of sp³-hybridized carbons (Fsp3) is 0.636. The van der Waals surface area contributed by atoms with Crippen LogP contribution in [0.4, 0.5) is 0 Å². The Morgan fingerprint density at radius 2 is 2.10 bits per heavy atom. The minimum Gasteiger partial charge on any atom is -0.494 e. The lowest BCUT2D eigenvalue weighted by atomic mass is 10.0. The monoisotopic (exact) mass is 435 g/mol. The van der Waals surface area contributed by atoms with Gasteiger partial charge in [0.2, 0.25) is 11.8 Å². The maximum absolute atomic E-state index is 11.6. The van der Waals surface area contributed by atoms with Crippen molar-refractivity contribution in [1.82, 2.24) is 15.1 Å². The van der Waals surface area contributed by atoms with Gasteiger partial charge in [0.05, 0.1) is 19.3 Å². The first-order valence-corrected chi connectivity index (χ1v) is 10.8. The Morgan fingerprint density at radius 1 is 1.32 bits per heavy atom. The molecule has 2 saturated heterocycles. The van der Waals surface area contributed by atoms with Gasteiger partial charge in [0.15, 0.2) is 0 Å². The van der Waals surface area contributed by atoms with E-state index in [9.17, 15) is 19.8 Å². The summed E-state index contributed by atoms with van der Waals surface area (Å²) in [5.74, 6) is 0.681. The Bertz CT molecular complexity index is 743. The fourth-order valence-electron chi connectivity index (χ4n) is 4.03. The summed E-state index contributed by atoms with van der Waals surface area (Å²) in [6.07, 6.45) is 1.48. The number of β-amino-alcohol motifs (C(OH)–C–C–N with tert-alkyl or cyclic N) is 2. The van der Waals surface area contributed by atoms with Gasteiger partial charge in [-0.25, -0.2) is 0 Å². The minimum absolute atomic E-state index is 0.0251. The second kappa shape index (κ2) is 10.9. The molecule has 2 aliphatic heterocycles. The first kappa shape index (κ1) is 23.5. The van der Waals surface area contributed by atoms with Crippen LogP contribution in [0.5, 0.6) is 5.75 Å². The molecule has 31 heavy (non-hydrogen) atoms. The number of likely N-dealkylation sites (tertiary alicyclic amines) is 2. The molecule has 2 aliphatic rings. The summed E-state index contributed by atoms with van der Waals surface area (Å²) in [4.78, 5) is 27.0. The number of rotatable bonds is 11. The van der Waals surface area contributed by atoms with Gasteiger partial charge in [-0.1, -0.05) is 12.1 Å². The summed E-state index contributed by atoms with van der Waals surface area (Å²) in [7, 11) is 1.42. The average Bonchev–Trinajstić information content (AvgIpc) is 3.27. The van der Waals surface area contributed by atoms with Gasteiger partial charge in [-0.15, -0.1) is 0 Å². The highest BCUT2D eigenvalue weighted by atomic mass is 16.5. The number of nitrogens with zero attached hydrogens (tertiary/aromatic N) is 2. The number of carbonyl (C=O) groups excluding carboxylic acids is 2. The number of benzene rings is 1. The van der Waals surface area contributed by atoms with E-state index in [1.165, 1.54) is 7.11 Å². The van der Waals surface area contributed by atoms with Crippen LogP contribution in [0.2, 0.25) is 0 Å². The third kappa shape index (κ3) is 6.64. The zero-order valence-electron chi connectivity index (χ0n) is 18.1. The number of methoxy groups -OCH3 is 1. The van der Waals surface area contributed by atoms with E-state index >= 15 is 0 Å². The highest BCUT2D eigenvalue weighted by molar-refractivity contribution is 5.78. The smallest absolute Gasteiger partial charge is 0.246 e. The first-order valence-electron chi connectivity index (χ1n) is 10.8. The Balaban J connectivity index is 1.40. The van der Waals surface area contributed by atoms with Crippen LogP contribution in [0.25, 0.3) is 0 Å². The number of nitrogens with one attached hydrogen (secondary N) is 1. The molecule has 0 bridgehead atoms. The lowest BCUT2D eigenvalue weighted by Crippen LogP contribution is -2.51. The van der Waals surface area contributed by atoms with Crippen molar-refractivity contribution in [2.24, 2.45) is 0 Å². The van der Waals surface area contributed by atoms with E-state index < -0.39 is 11.7 Å². The van der Waals surface area contributed by atoms with Crippen LogP contribution in [0.1, 0.15) is 24.8 Å². The van der Waals surface area contributed by atoms with Crippen molar-refractivity contribution in [3.05, 3.63) is 29.8 Å². The van der Waals surface area contributed by atoms with E-state index in [2.05, 4.69) is 5.32 Å². The predicted octanol–water partition coefficient (Wildman–Crippen LogP) is -0.252. The van der Waals surface area contributed by atoms with Crippen molar-refractivity contribution in [1.29, 1.82) is 0 Å². The van der Waals surface area contributed by atoms with Gasteiger partial charge < -0.3 is 29.9 Å². The quantitative estimate of drug-likeness (QED) is 0.411. The number of amides is 2. The van der Waals surface area contributed by atoms with Crippen LogP contribution < -0.4 is 10.1 Å². The van der Waals surface area contributed by atoms with Gasteiger partial charge in [-0.2, -0.15) is 0 Å². The third-order valence-corrected chi connectivity index (χ3v) is 5.76. The standard InChI is InChI=1S/C22H33N3O6/c1-30-14-20(27)23-15-22(29)16-24(13-19(22)26)12-17-5-7-18(8-6-17)31-11-3-10-25-9-2-4-21(25)28/h5-8,19,26,29H,2-4,9-16H2,1H3,(H,23,27)/t19-,22+/m1/s1. The molecule has 0 aliphatic carbocycles. The molecule has 9 heteroatoms. The molecule has 1 aromatic carbocycles. The SMILES string of the molecule is COCC(=O)NC[C@]1(O)CN(Cc2ccc(OCCCN3CCCC3=O)cc2)C[C@H]1O. The van der Waals surface area contributed by atoms with Crippen molar-refractivity contribution in [3.8, 4) is 5.75 Å². The van der Waals surface area contributed by atoms with Gasteiger partial charge in [0, 0.05) is 46.3 Å². The van der Waals surface area contributed by atoms with Crippen molar-refractivity contribution in [3.63, 3.8) is 0 Å². The molecule has 3 rings (SSSR count). The fourth-order valence-corrected chi connectivity index (χ4v) is 4.03. The zero-order chi connectivity index (χ0) is 22.3. The van der Waals surface area contributed by atoms with Crippen molar-refractivity contribution in [2.45, 2.75) is 37.5 Å². The number of hydrogen-bond acceptors (Lipinski definition) is 7. The van der Waals surface area contributed by atoms with Gasteiger partial charge in [-0.3, -0.25) is 14.5 Å². The zero-order valence-corrected chi connectivity index (χ0v) is 18.1. The van der Waals surface area contributed by atoms with Crippen LogP contribution >= 0.6 is 0 Å². The Kier molecular flexibility index (Phi) is 8.25. The van der Waals surface area contributed by atoms with Crippen molar-refractivity contribution in [2.75, 3.05) is 53.0 Å². The molecule has 2 fully saturated rings. The molecule has 2 amide bonds. The molecule has 3 N–H and O–H groups in total. The summed E-state index contributed by atoms with van der Waals surface area (Å²) >= 11 is 0. The van der Waals surface area contributed by atoms with Crippen molar-refractivity contribution < 1.29 is 29.3 Å². The Morgan fingerprint density at radius 3 is 2.77 bits per heavy atom. The molecule has 1 aromatic rings. The largest absolute Gasteiger partial charge is 0.494 e. The molecule has 9 nitrogen and oxygen atoms in total. The molecular formula is C22H33N3O6. The van der Waals surface area contributed by atoms with Crippen LogP contribution in [-0.2, 0) is 20.9 Å². The summed E-state index contributed by atoms with van der Waals surface area (Å²) in [5.41, 5.74) is -0.349. The van der Waals surface area contributed by atoms with E-state index in [0.717, 1.165) is 37.2 Å². The van der Waals surface area contributed by atoms with Gasteiger partial charge in [0.25, 0.3) is 0 Å². The second-order valence-corrected chi connectivity index (χ2v) is 8.33. The predicted molar refractivity (Wildman–Crippen MR) is 113 cm³/mol. The molecule has 2 heterocycles. The van der Waals surface area contributed by atoms with Crippen LogP contribution in [0.3, 0.4) is 0 Å². The maximum atomic E-state index is 11.6. The summed E-state index contributed by atoms with van der Waals surface area (Å²) in [5, 5.41) is 23.6. The summed E-state index contributed by atoms with van der Waals surface area (Å²) < 4.78 is 10.5. The molecule has 172 valence electrons. The number of carbonyl (C=O) groups is 2. The van der Waals surface area contributed by atoms with E-state index in [4.69, 9.17) is 9.47 Å². The number of aliphatic hydroxyl groups is 2. The highest BCUT2D eigenvalue weighted by Crippen LogP contribution is 2.24. The Labute approximate surface area is 182 Å². The third-order valence-electron chi connectivity index (χ3n) is 5.76. The van der Waals surface area contributed by atoms with E-state index in [1.54, 1.807) is 0 Å². The normalized spacial score (nSPS) is 24.0. The van der Waals surface area contributed by atoms with Crippen molar-refractivity contribution >= 4 is 11.8 Å².